The first kappa shape index (κ1) is 18.9. The molecule has 0 aromatic heterocycles. The van der Waals surface area contributed by atoms with E-state index in [1.165, 1.54) is 18.2 Å². The van der Waals surface area contributed by atoms with E-state index in [-0.39, 0.29) is 12.1 Å². The van der Waals surface area contributed by atoms with Crippen molar-refractivity contribution >= 4 is 21.4 Å². The molecule has 25 heavy (non-hydrogen) atoms. The highest BCUT2D eigenvalue weighted by Crippen LogP contribution is 2.26. The van der Waals surface area contributed by atoms with E-state index in [2.05, 4.69) is 5.32 Å². The monoisotopic (exact) mass is 369 g/mol. The summed E-state index contributed by atoms with van der Waals surface area (Å²) in [6.07, 6.45) is -0.0323. The number of para-hydroxylation sites is 1. The molecule has 0 bridgehead atoms. The average Bonchev–Trinajstić information content (AvgIpc) is 2.57. The molecular formula is C17H17F2NO4S. The molecule has 8 heteroatoms. The maximum atomic E-state index is 12.8. The Hall–Kier alpha value is -2.48. The highest BCUT2D eigenvalue weighted by molar-refractivity contribution is 7.91. The van der Waals surface area contributed by atoms with E-state index < -0.39 is 26.4 Å². The molecule has 0 aliphatic heterocycles. The van der Waals surface area contributed by atoms with E-state index in [0.29, 0.717) is 17.9 Å². The number of amides is 1. The lowest BCUT2D eigenvalue weighted by Crippen LogP contribution is -2.19. The molecule has 1 N–H and O–H groups in total. The topological polar surface area (TPSA) is 72.5 Å². The fourth-order valence-corrected chi connectivity index (χ4v) is 3.05. The number of alkyl halides is 2. The van der Waals surface area contributed by atoms with Crippen LogP contribution in [0.5, 0.6) is 5.75 Å². The molecule has 0 atom stereocenters. The predicted octanol–water partition coefficient (Wildman–Crippen LogP) is 3.26. The summed E-state index contributed by atoms with van der Waals surface area (Å²) in [6, 6.07) is 11.9. The van der Waals surface area contributed by atoms with Crippen molar-refractivity contribution in [2.24, 2.45) is 0 Å². The van der Waals surface area contributed by atoms with Gasteiger partial charge in [0.25, 0.3) is 0 Å². The Morgan fingerprint density at radius 1 is 1.12 bits per heavy atom. The SMILES string of the molecule is CCOc1ccc(CC(=O)Nc2ccccc2S(=O)(=O)C(F)F)cc1. The number of anilines is 1. The number of benzene rings is 2. The molecule has 2 rings (SSSR count). The molecule has 0 fully saturated rings. The second kappa shape index (κ2) is 8.06. The zero-order valence-corrected chi connectivity index (χ0v) is 14.2. The van der Waals surface area contributed by atoms with Crippen LogP contribution in [0.1, 0.15) is 12.5 Å². The molecule has 0 aliphatic rings. The summed E-state index contributed by atoms with van der Waals surface area (Å²) in [5.74, 6) is -3.40. The molecular weight excluding hydrogens is 352 g/mol. The van der Waals surface area contributed by atoms with Gasteiger partial charge in [0.15, 0.2) is 0 Å². The van der Waals surface area contributed by atoms with Crippen molar-refractivity contribution in [1.29, 1.82) is 0 Å². The van der Waals surface area contributed by atoms with Gasteiger partial charge in [-0.1, -0.05) is 24.3 Å². The Kier molecular flexibility index (Phi) is 6.08. The van der Waals surface area contributed by atoms with Gasteiger partial charge in [0, 0.05) is 0 Å². The highest BCUT2D eigenvalue weighted by Gasteiger charge is 2.29. The predicted molar refractivity (Wildman–Crippen MR) is 89.6 cm³/mol. The molecule has 0 saturated heterocycles. The van der Waals surface area contributed by atoms with Crippen LogP contribution < -0.4 is 10.1 Å². The van der Waals surface area contributed by atoms with Crippen LogP contribution in [-0.2, 0) is 21.1 Å². The molecule has 0 aliphatic carbocycles. The third kappa shape index (κ3) is 4.76. The Balaban J connectivity index is 2.13. The normalized spacial score (nSPS) is 11.4. The summed E-state index contributed by atoms with van der Waals surface area (Å²) < 4.78 is 54.2. The molecule has 1 amide bonds. The number of sulfone groups is 1. The summed E-state index contributed by atoms with van der Waals surface area (Å²) in [4.78, 5) is 11.5. The van der Waals surface area contributed by atoms with Crippen LogP contribution in [0.2, 0.25) is 0 Å². The summed E-state index contributed by atoms with van der Waals surface area (Å²) in [7, 11) is -4.80. The van der Waals surface area contributed by atoms with E-state index in [4.69, 9.17) is 4.74 Å². The third-order valence-electron chi connectivity index (χ3n) is 3.30. The van der Waals surface area contributed by atoms with E-state index >= 15 is 0 Å². The summed E-state index contributed by atoms with van der Waals surface area (Å²) in [6.45, 7) is 2.38. The molecule has 5 nitrogen and oxygen atoms in total. The van der Waals surface area contributed by atoms with Crippen molar-refractivity contribution in [1.82, 2.24) is 0 Å². The van der Waals surface area contributed by atoms with Crippen LogP contribution >= 0.6 is 0 Å². The maximum Gasteiger partial charge on any atom is 0.341 e. The Morgan fingerprint density at radius 3 is 2.36 bits per heavy atom. The van der Waals surface area contributed by atoms with Crippen LogP contribution in [0.25, 0.3) is 0 Å². The minimum atomic E-state index is -4.80. The van der Waals surface area contributed by atoms with Gasteiger partial charge >= 0.3 is 5.76 Å². The average molecular weight is 369 g/mol. The Morgan fingerprint density at radius 2 is 1.76 bits per heavy atom. The summed E-state index contributed by atoms with van der Waals surface area (Å²) in [5, 5.41) is 2.38. The second-order valence-electron chi connectivity index (χ2n) is 5.10. The number of nitrogens with one attached hydrogen (secondary N) is 1. The summed E-state index contributed by atoms with van der Waals surface area (Å²) in [5.41, 5.74) is 0.508. The smallest absolute Gasteiger partial charge is 0.341 e. The van der Waals surface area contributed by atoms with E-state index in [0.717, 1.165) is 6.07 Å². The first-order chi connectivity index (χ1) is 11.8. The number of halogens is 2. The maximum absolute atomic E-state index is 12.8. The molecule has 0 spiro atoms. The Labute approximate surface area is 144 Å². The van der Waals surface area contributed by atoms with Crippen molar-refractivity contribution in [2.45, 2.75) is 24.0 Å². The van der Waals surface area contributed by atoms with Gasteiger partial charge < -0.3 is 10.1 Å². The van der Waals surface area contributed by atoms with Crippen LogP contribution in [-0.4, -0.2) is 26.7 Å². The number of hydrogen-bond donors (Lipinski definition) is 1. The van der Waals surface area contributed by atoms with Crippen LogP contribution in [0.3, 0.4) is 0 Å². The first-order valence-corrected chi connectivity index (χ1v) is 9.02. The van der Waals surface area contributed by atoms with Gasteiger partial charge in [-0.05, 0) is 36.8 Å². The molecule has 0 heterocycles. The fraction of sp³-hybridized carbons (Fsp3) is 0.235. The third-order valence-corrected chi connectivity index (χ3v) is 4.74. The van der Waals surface area contributed by atoms with Gasteiger partial charge in [-0.15, -0.1) is 0 Å². The molecule has 0 saturated carbocycles. The number of ether oxygens (including phenoxy) is 1. The second-order valence-corrected chi connectivity index (χ2v) is 6.99. The number of rotatable bonds is 7. The van der Waals surface area contributed by atoms with Crippen molar-refractivity contribution in [2.75, 3.05) is 11.9 Å². The highest BCUT2D eigenvalue weighted by atomic mass is 32.2. The van der Waals surface area contributed by atoms with Crippen molar-refractivity contribution in [3.8, 4) is 5.75 Å². The van der Waals surface area contributed by atoms with E-state index in [1.54, 1.807) is 24.3 Å². The molecule has 2 aromatic rings. The van der Waals surface area contributed by atoms with Crippen molar-refractivity contribution in [3.63, 3.8) is 0 Å². The quantitative estimate of drug-likeness (QED) is 0.813. The van der Waals surface area contributed by atoms with Crippen molar-refractivity contribution in [3.05, 3.63) is 54.1 Å². The van der Waals surface area contributed by atoms with Crippen LogP contribution in [0.15, 0.2) is 53.4 Å². The lowest BCUT2D eigenvalue weighted by atomic mass is 10.1. The largest absolute Gasteiger partial charge is 0.494 e. The van der Waals surface area contributed by atoms with Gasteiger partial charge in [0.2, 0.25) is 15.7 Å². The molecule has 0 unspecified atom stereocenters. The molecule has 134 valence electrons. The number of hydrogen-bond acceptors (Lipinski definition) is 4. The Bertz CT molecular complexity index is 836. The lowest BCUT2D eigenvalue weighted by Gasteiger charge is -2.11. The van der Waals surface area contributed by atoms with E-state index in [9.17, 15) is 22.0 Å². The standard InChI is InChI=1S/C17H17F2NO4S/c1-2-24-13-9-7-12(8-10-13)11-16(21)20-14-5-3-4-6-15(14)25(22,23)17(18)19/h3-10,17H,2,11H2,1H3,(H,20,21). The van der Waals surface area contributed by atoms with Gasteiger partial charge in [0.1, 0.15) is 5.75 Å². The first-order valence-electron chi connectivity index (χ1n) is 7.47. The molecule has 0 radical (unpaired) electrons. The minimum Gasteiger partial charge on any atom is -0.494 e. The number of carbonyl (C=O) groups excluding carboxylic acids is 1. The lowest BCUT2D eigenvalue weighted by molar-refractivity contribution is -0.115. The minimum absolute atomic E-state index is 0.0323. The number of carbonyl (C=O) groups is 1. The van der Waals surface area contributed by atoms with Crippen LogP contribution in [0, 0.1) is 0 Å². The van der Waals surface area contributed by atoms with Gasteiger partial charge in [-0.25, -0.2) is 8.42 Å². The van der Waals surface area contributed by atoms with Crippen LogP contribution in [0.4, 0.5) is 14.5 Å². The molecule has 2 aromatic carbocycles. The van der Waals surface area contributed by atoms with Gasteiger partial charge in [0.05, 0.1) is 23.6 Å². The zero-order chi connectivity index (χ0) is 18.4. The van der Waals surface area contributed by atoms with Gasteiger partial charge in [-0.3, -0.25) is 4.79 Å². The van der Waals surface area contributed by atoms with Gasteiger partial charge in [-0.2, -0.15) is 8.78 Å². The fourth-order valence-electron chi connectivity index (χ4n) is 2.16. The summed E-state index contributed by atoms with van der Waals surface area (Å²) >= 11 is 0. The van der Waals surface area contributed by atoms with E-state index in [1.807, 2.05) is 6.92 Å². The zero-order valence-electron chi connectivity index (χ0n) is 13.4. The van der Waals surface area contributed by atoms with Crippen molar-refractivity contribution < 1.29 is 26.7 Å².